The molecule has 2 heterocycles. The van der Waals surface area contributed by atoms with Crippen LogP contribution < -0.4 is 24.7 Å². The maximum Gasteiger partial charge on any atom is 0.317 e. The Morgan fingerprint density at radius 3 is 2.20 bits per heavy atom. The first kappa shape index (κ1) is 33.0. The third-order valence-electron chi connectivity index (χ3n) is 5.44. The molecule has 2 aliphatic heterocycles. The number of anilines is 2. The van der Waals surface area contributed by atoms with Gasteiger partial charge in [0, 0.05) is 17.2 Å². The van der Waals surface area contributed by atoms with Crippen molar-refractivity contribution in [3.05, 3.63) is 29.1 Å². The fraction of sp³-hybridized carbons (Fsp3) is 0.440. The van der Waals surface area contributed by atoms with Gasteiger partial charge in [0.2, 0.25) is 0 Å². The monoisotopic (exact) mass is 599 g/mol. The van der Waals surface area contributed by atoms with Crippen molar-refractivity contribution in [1.82, 2.24) is 5.32 Å². The quantitative estimate of drug-likeness (QED) is 0.182. The van der Waals surface area contributed by atoms with Crippen molar-refractivity contribution in [3.63, 3.8) is 0 Å². The molecule has 0 aromatic heterocycles. The largest absolute Gasteiger partial charge is 0.778 e. The van der Waals surface area contributed by atoms with E-state index < -0.39 is 44.0 Å². The summed E-state index contributed by atoms with van der Waals surface area (Å²) in [6, 6.07) is 2.37. The first-order valence-corrected chi connectivity index (χ1v) is 16.1. The summed E-state index contributed by atoms with van der Waals surface area (Å²) in [6.07, 6.45) is 13.9. The van der Waals surface area contributed by atoms with E-state index in [1.165, 1.54) is 11.0 Å². The Morgan fingerprint density at radius 1 is 1.18 bits per heavy atom. The highest BCUT2D eigenvalue weighted by Crippen LogP contribution is 2.41. The second-order valence-corrected chi connectivity index (χ2v) is 13.2. The van der Waals surface area contributed by atoms with E-state index >= 15 is 0 Å². The number of carboxylic acids is 1. The standard InChI is InChI=1S/C19H15FN2O4.C3H8NO5P.C3H9S/c1-2-7-21-15-9-14(13(20)8-16(15)26-10-17(21)23)22-18(24)11-5-3-4-6-12(11)19(22)25;5-3(6)1-4-2-10(7,8)9;1-4(2)3/h1,8-9H,3-7,10H2;4H,1-2H2,(H,5,6)(H2,7,8,9);1-3H3/q;;+1/p-1. The number of carbonyl (C=O) groups is 4. The van der Waals surface area contributed by atoms with Crippen LogP contribution >= 0.6 is 7.60 Å². The van der Waals surface area contributed by atoms with Gasteiger partial charge in [0.25, 0.3) is 17.7 Å². The van der Waals surface area contributed by atoms with Gasteiger partial charge in [-0.15, -0.1) is 6.42 Å². The van der Waals surface area contributed by atoms with Gasteiger partial charge < -0.3 is 24.2 Å². The van der Waals surface area contributed by atoms with Gasteiger partial charge in [0.15, 0.2) is 12.4 Å². The fourth-order valence-corrected chi connectivity index (χ4v) is 4.30. The lowest BCUT2D eigenvalue weighted by Gasteiger charge is -2.29. The number of nitrogens with one attached hydrogen (secondary N) is 1. The van der Waals surface area contributed by atoms with E-state index in [4.69, 9.17) is 21.2 Å². The second kappa shape index (κ2) is 14.4. The molecule has 0 bridgehead atoms. The topological polar surface area (TPSA) is 177 Å². The van der Waals surface area contributed by atoms with E-state index in [0.29, 0.717) is 34.9 Å². The number of terminal acetylenes is 1. The van der Waals surface area contributed by atoms with Crippen molar-refractivity contribution >= 4 is 53.6 Å². The molecule has 1 unspecified atom stereocenters. The fourth-order valence-electron chi connectivity index (χ4n) is 3.91. The third-order valence-corrected chi connectivity index (χ3v) is 6.06. The normalized spacial score (nSPS) is 17.5. The highest BCUT2D eigenvalue weighted by Gasteiger charge is 2.41. The summed E-state index contributed by atoms with van der Waals surface area (Å²) in [5.41, 5.74) is 0.992. The number of hydrogen-bond acceptors (Lipinski definition) is 8. The highest BCUT2D eigenvalue weighted by atomic mass is 32.2. The summed E-state index contributed by atoms with van der Waals surface area (Å²) >= 11 is 0. The first-order chi connectivity index (χ1) is 18.7. The Balaban J connectivity index is 0.000000335. The molecule has 12 nitrogen and oxygen atoms in total. The Hall–Kier alpha value is -3.21. The van der Waals surface area contributed by atoms with E-state index in [-0.39, 0.29) is 36.2 Å². The van der Waals surface area contributed by atoms with Gasteiger partial charge in [-0.1, -0.05) is 5.92 Å². The van der Waals surface area contributed by atoms with Crippen LogP contribution in [0.15, 0.2) is 23.3 Å². The minimum atomic E-state index is -4.35. The van der Waals surface area contributed by atoms with Crippen LogP contribution in [0.1, 0.15) is 25.7 Å². The molecule has 0 saturated heterocycles. The molecule has 15 heteroatoms. The van der Waals surface area contributed by atoms with Crippen LogP contribution in [0.5, 0.6) is 5.75 Å². The van der Waals surface area contributed by atoms with Crippen LogP contribution in [0.25, 0.3) is 0 Å². The predicted octanol–water partition coefficient (Wildman–Crippen LogP) is 0.586. The summed E-state index contributed by atoms with van der Waals surface area (Å²) in [7, 11) is -3.71. The van der Waals surface area contributed by atoms with E-state index in [2.05, 4.69) is 24.7 Å². The molecule has 0 fully saturated rings. The molecule has 3 N–H and O–H groups in total. The average Bonchev–Trinajstić information content (AvgIpc) is 3.10. The maximum absolute atomic E-state index is 14.7. The van der Waals surface area contributed by atoms with Crippen LogP contribution in [0, 0.1) is 18.2 Å². The van der Waals surface area contributed by atoms with Crippen LogP contribution in [0.4, 0.5) is 15.8 Å². The Bertz CT molecular complexity index is 1260. The molecule has 4 rings (SSSR count). The zero-order valence-electron chi connectivity index (χ0n) is 22.3. The number of halogens is 1. The maximum atomic E-state index is 14.7. The zero-order valence-corrected chi connectivity index (χ0v) is 24.0. The zero-order chi connectivity index (χ0) is 30.2. The molecule has 1 atom stereocenters. The molecule has 0 saturated carbocycles. The van der Waals surface area contributed by atoms with E-state index in [9.17, 15) is 33.0 Å². The van der Waals surface area contributed by atoms with Crippen molar-refractivity contribution in [2.75, 3.05) is 54.5 Å². The molecule has 1 aromatic rings. The molecular formula is C25H31FN3O9PS. The number of amides is 3. The van der Waals surface area contributed by atoms with Crippen molar-refractivity contribution in [2.45, 2.75) is 25.7 Å². The first-order valence-electron chi connectivity index (χ1n) is 11.9. The number of imide groups is 1. The number of carboxylic acid groups (broad SMARTS) is 1. The summed E-state index contributed by atoms with van der Waals surface area (Å²) in [5.74, 6) is -0.767. The highest BCUT2D eigenvalue weighted by molar-refractivity contribution is 7.94. The van der Waals surface area contributed by atoms with Crippen molar-refractivity contribution in [1.29, 1.82) is 0 Å². The predicted molar refractivity (Wildman–Crippen MR) is 147 cm³/mol. The van der Waals surface area contributed by atoms with Crippen molar-refractivity contribution in [3.8, 4) is 18.1 Å². The average molecular weight is 600 g/mol. The van der Waals surface area contributed by atoms with Crippen LogP contribution in [0.2, 0.25) is 0 Å². The number of ether oxygens (including phenoxy) is 1. The van der Waals surface area contributed by atoms with E-state index in [1.54, 1.807) is 0 Å². The van der Waals surface area contributed by atoms with Gasteiger partial charge in [-0.3, -0.25) is 29.4 Å². The number of hydrogen-bond donors (Lipinski definition) is 3. The van der Waals surface area contributed by atoms with Crippen LogP contribution in [-0.4, -0.2) is 78.4 Å². The Labute approximate surface area is 234 Å². The molecule has 1 aromatic carbocycles. The summed E-state index contributed by atoms with van der Waals surface area (Å²) in [6.45, 7) is -0.741. The summed E-state index contributed by atoms with van der Waals surface area (Å²) in [4.78, 5) is 67.3. The molecule has 0 radical (unpaired) electrons. The van der Waals surface area contributed by atoms with E-state index in [1.807, 2.05) is 5.32 Å². The number of fused-ring (bicyclic) bond motifs is 1. The lowest BCUT2D eigenvalue weighted by atomic mass is 9.93. The Morgan fingerprint density at radius 2 is 1.73 bits per heavy atom. The second-order valence-electron chi connectivity index (χ2n) is 9.19. The lowest BCUT2D eigenvalue weighted by Crippen LogP contribution is -2.39. The summed E-state index contributed by atoms with van der Waals surface area (Å²) < 4.78 is 29.9. The molecule has 0 spiro atoms. The summed E-state index contributed by atoms with van der Waals surface area (Å²) in [5, 5.41) is 9.97. The SMILES string of the molecule is C#CCN1C(=O)COc2cc(F)c(N3C(=O)C4=C(CCCC4)C3=O)cc21.C[S+](C)C.O=C(O)CNCP(=O)([O-])O. The van der Waals surface area contributed by atoms with Gasteiger partial charge >= 0.3 is 5.97 Å². The molecule has 40 heavy (non-hydrogen) atoms. The number of rotatable bonds is 6. The van der Waals surface area contributed by atoms with Gasteiger partial charge in [0.1, 0.15) is 13.3 Å². The van der Waals surface area contributed by atoms with Crippen LogP contribution in [-0.2, 0) is 34.6 Å². The lowest BCUT2D eigenvalue weighted by molar-refractivity contribution is -0.193. The number of benzene rings is 1. The van der Waals surface area contributed by atoms with E-state index in [0.717, 1.165) is 23.8 Å². The number of carbonyl (C=O) groups excluding carboxylic acids is 3. The number of nitrogens with zero attached hydrogens (tertiary/aromatic N) is 2. The Kier molecular flexibility index (Phi) is 11.9. The van der Waals surface area contributed by atoms with Crippen LogP contribution in [0.3, 0.4) is 0 Å². The molecule has 3 aliphatic rings. The smallest absolute Gasteiger partial charge is 0.317 e. The number of aliphatic carboxylic acids is 1. The third kappa shape index (κ3) is 8.90. The van der Waals surface area contributed by atoms with Gasteiger partial charge in [-0.25, -0.2) is 9.29 Å². The minimum Gasteiger partial charge on any atom is -0.778 e. The molecule has 1 aliphatic carbocycles. The minimum absolute atomic E-state index is 0.0170. The van der Waals surface area contributed by atoms with Gasteiger partial charge in [0.05, 0.1) is 49.5 Å². The van der Waals surface area contributed by atoms with Gasteiger partial charge in [-0.05, 0) is 42.6 Å². The molecular weight excluding hydrogens is 568 g/mol. The molecule has 218 valence electrons. The van der Waals surface area contributed by atoms with Crippen molar-refractivity contribution < 1.29 is 47.8 Å². The molecule has 3 amide bonds. The van der Waals surface area contributed by atoms with Gasteiger partial charge in [-0.2, -0.15) is 0 Å². The van der Waals surface area contributed by atoms with Crippen molar-refractivity contribution in [2.24, 2.45) is 0 Å².